The van der Waals surface area contributed by atoms with E-state index in [9.17, 15) is 0 Å². The second kappa shape index (κ2) is 14.2. The van der Waals surface area contributed by atoms with Gasteiger partial charge >= 0.3 is 0 Å². The zero-order chi connectivity index (χ0) is 41.4. The number of hydrogen-bond donors (Lipinski definition) is 0. The van der Waals surface area contributed by atoms with Crippen molar-refractivity contribution in [1.82, 2.24) is 24.1 Å². The molecule has 0 N–H and O–H groups in total. The first kappa shape index (κ1) is 35.6. The molecule has 0 amide bonds. The van der Waals surface area contributed by atoms with Crippen LogP contribution in [0.3, 0.4) is 0 Å². The van der Waals surface area contributed by atoms with Gasteiger partial charge in [-0.2, -0.15) is 0 Å². The standard InChI is InChI=1S/C57H35N5S/c1-5-17-36(18-6-1)41-26-15-27-43-42-25-13-14-28-46(42)62(53(41)43)48-29-16-30-50-51(48)44-32-34-49-52(54(44)63-50)45-35-39(31-33-47(45)61(49)40-23-11-4-12-24-40)57-59-55(37-19-7-2-8-20-37)58-56(60-57)38-21-9-3-10-22-38/h1-35H. The van der Waals surface area contributed by atoms with Crippen molar-refractivity contribution in [1.29, 1.82) is 0 Å². The maximum Gasteiger partial charge on any atom is 0.164 e. The molecule has 0 spiro atoms. The second-order valence-electron chi connectivity index (χ2n) is 16.0. The van der Waals surface area contributed by atoms with E-state index in [1.807, 2.05) is 47.7 Å². The highest BCUT2D eigenvalue weighted by molar-refractivity contribution is 7.27. The summed E-state index contributed by atoms with van der Waals surface area (Å²) in [6, 6.07) is 75.5. The predicted octanol–water partition coefficient (Wildman–Crippen LogP) is 15.1. The second-order valence-corrected chi connectivity index (χ2v) is 17.0. The zero-order valence-corrected chi connectivity index (χ0v) is 34.7. The van der Waals surface area contributed by atoms with E-state index in [1.54, 1.807) is 0 Å². The Labute approximate surface area is 366 Å². The highest BCUT2D eigenvalue weighted by Crippen LogP contribution is 2.47. The maximum atomic E-state index is 5.14. The Bertz CT molecular complexity index is 3830. The van der Waals surface area contributed by atoms with E-state index in [2.05, 4.69) is 185 Å². The number of thiophene rings is 1. The maximum absolute atomic E-state index is 5.14. The normalized spacial score (nSPS) is 11.8. The van der Waals surface area contributed by atoms with Crippen molar-refractivity contribution in [3.8, 4) is 56.7 Å². The topological polar surface area (TPSA) is 48.5 Å². The number of aromatic nitrogens is 5. The molecule has 0 unspecified atom stereocenters. The minimum Gasteiger partial charge on any atom is -0.309 e. The van der Waals surface area contributed by atoms with Crippen LogP contribution in [0.15, 0.2) is 212 Å². The summed E-state index contributed by atoms with van der Waals surface area (Å²) >= 11 is 1.87. The van der Waals surface area contributed by atoms with Crippen LogP contribution in [0.4, 0.5) is 0 Å². The SMILES string of the molecule is c1ccc(-c2nc(-c3ccccc3)nc(-c3ccc4c(c3)c3c5sc6cccc(-n7c8ccccc8c8cccc(-c9ccccc9)c87)c6c5ccc3n4-c3ccccc3)n2)cc1. The van der Waals surface area contributed by atoms with Gasteiger partial charge in [-0.3, -0.25) is 0 Å². The number of nitrogens with zero attached hydrogens (tertiary/aromatic N) is 5. The molecule has 0 saturated heterocycles. The van der Waals surface area contributed by atoms with Crippen molar-refractivity contribution in [2.24, 2.45) is 0 Å². The summed E-state index contributed by atoms with van der Waals surface area (Å²) in [7, 11) is 0. The molecule has 0 atom stereocenters. The third-order valence-electron chi connectivity index (χ3n) is 12.4. The van der Waals surface area contributed by atoms with Crippen LogP contribution in [0.2, 0.25) is 0 Å². The summed E-state index contributed by atoms with van der Waals surface area (Å²) in [4.78, 5) is 15.3. The predicted molar refractivity (Wildman–Crippen MR) is 263 cm³/mol. The minimum atomic E-state index is 0.636. The molecule has 0 saturated carbocycles. The van der Waals surface area contributed by atoms with E-state index in [-0.39, 0.29) is 0 Å². The summed E-state index contributed by atoms with van der Waals surface area (Å²) < 4.78 is 7.40. The summed E-state index contributed by atoms with van der Waals surface area (Å²) in [5.41, 5.74) is 12.2. The summed E-state index contributed by atoms with van der Waals surface area (Å²) in [6.45, 7) is 0. The molecule has 6 heteroatoms. The molecule has 294 valence electrons. The summed E-state index contributed by atoms with van der Waals surface area (Å²) in [5.74, 6) is 1.92. The lowest BCUT2D eigenvalue weighted by Gasteiger charge is -2.13. The van der Waals surface area contributed by atoms with Crippen molar-refractivity contribution in [3.63, 3.8) is 0 Å². The lowest BCUT2D eigenvalue weighted by Crippen LogP contribution is -2.00. The lowest BCUT2D eigenvalue weighted by molar-refractivity contribution is 1.07. The van der Waals surface area contributed by atoms with Crippen molar-refractivity contribution < 1.29 is 0 Å². The van der Waals surface area contributed by atoms with E-state index in [4.69, 9.17) is 15.0 Å². The van der Waals surface area contributed by atoms with Crippen molar-refractivity contribution in [2.75, 3.05) is 0 Å². The van der Waals surface area contributed by atoms with Crippen LogP contribution in [0.5, 0.6) is 0 Å². The van der Waals surface area contributed by atoms with Crippen LogP contribution in [0.25, 0.3) is 120 Å². The van der Waals surface area contributed by atoms with Gasteiger partial charge in [-0.25, -0.2) is 15.0 Å². The van der Waals surface area contributed by atoms with E-state index < -0.39 is 0 Å². The molecule has 0 radical (unpaired) electrons. The third kappa shape index (κ3) is 5.59. The molecular weight excluding hydrogens is 787 g/mol. The van der Waals surface area contributed by atoms with Gasteiger partial charge in [-0.1, -0.05) is 158 Å². The van der Waals surface area contributed by atoms with Crippen LogP contribution >= 0.6 is 11.3 Å². The Hall–Kier alpha value is -8.19. The fraction of sp³-hybridized carbons (Fsp3) is 0. The molecule has 0 aliphatic heterocycles. The molecule has 0 bridgehead atoms. The van der Waals surface area contributed by atoms with Crippen LogP contribution in [-0.2, 0) is 0 Å². The van der Waals surface area contributed by atoms with Gasteiger partial charge in [-0.05, 0) is 60.2 Å². The summed E-state index contributed by atoms with van der Waals surface area (Å²) in [6.07, 6.45) is 0. The van der Waals surface area contributed by atoms with Gasteiger partial charge < -0.3 is 9.13 Å². The molecule has 4 heterocycles. The smallest absolute Gasteiger partial charge is 0.164 e. The Morgan fingerprint density at radius 2 is 0.921 bits per heavy atom. The number of fused-ring (bicyclic) bond motifs is 10. The van der Waals surface area contributed by atoms with Crippen LogP contribution < -0.4 is 0 Å². The zero-order valence-electron chi connectivity index (χ0n) is 33.9. The van der Waals surface area contributed by atoms with Gasteiger partial charge in [-0.15, -0.1) is 11.3 Å². The van der Waals surface area contributed by atoms with Gasteiger partial charge in [0.25, 0.3) is 0 Å². The van der Waals surface area contributed by atoms with Gasteiger partial charge in [0.15, 0.2) is 17.5 Å². The molecule has 4 aromatic heterocycles. The molecule has 13 rings (SSSR count). The van der Waals surface area contributed by atoms with Crippen molar-refractivity contribution in [3.05, 3.63) is 212 Å². The Kier molecular flexibility index (Phi) is 8.01. The lowest BCUT2D eigenvalue weighted by atomic mass is 10.0. The Morgan fingerprint density at radius 3 is 1.63 bits per heavy atom. The highest BCUT2D eigenvalue weighted by Gasteiger charge is 2.23. The largest absolute Gasteiger partial charge is 0.309 e. The Morgan fingerprint density at radius 1 is 0.349 bits per heavy atom. The molecule has 0 aliphatic carbocycles. The van der Waals surface area contributed by atoms with Crippen molar-refractivity contribution in [2.45, 2.75) is 0 Å². The van der Waals surface area contributed by atoms with E-state index in [1.165, 1.54) is 64.2 Å². The quantitative estimate of drug-likeness (QED) is 0.168. The van der Waals surface area contributed by atoms with Gasteiger partial charge in [0.1, 0.15) is 0 Å². The number of benzene rings is 9. The number of hydrogen-bond acceptors (Lipinski definition) is 4. The molecule has 63 heavy (non-hydrogen) atoms. The average Bonchev–Trinajstić information content (AvgIpc) is 4.03. The number of para-hydroxylation sites is 3. The first-order valence-corrected chi connectivity index (χ1v) is 22.0. The minimum absolute atomic E-state index is 0.636. The highest BCUT2D eigenvalue weighted by atomic mass is 32.1. The molecular formula is C57H35N5S. The average molecular weight is 822 g/mol. The first-order valence-electron chi connectivity index (χ1n) is 21.2. The third-order valence-corrected chi connectivity index (χ3v) is 13.5. The first-order chi connectivity index (χ1) is 31.3. The summed E-state index contributed by atoms with van der Waals surface area (Å²) in [5, 5.41) is 7.33. The van der Waals surface area contributed by atoms with Crippen LogP contribution in [0.1, 0.15) is 0 Å². The van der Waals surface area contributed by atoms with Crippen LogP contribution in [0, 0.1) is 0 Å². The molecule has 13 aromatic rings. The Balaban J connectivity index is 1.10. The fourth-order valence-electron chi connectivity index (χ4n) is 9.61. The van der Waals surface area contributed by atoms with E-state index >= 15 is 0 Å². The van der Waals surface area contributed by atoms with Gasteiger partial charge in [0.05, 0.1) is 27.8 Å². The number of rotatable bonds is 6. The molecule has 5 nitrogen and oxygen atoms in total. The van der Waals surface area contributed by atoms with Crippen LogP contribution in [-0.4, -0.2) is 24.1 Å². The molecule has 0 aliphatic rings. The molecule has 9 aromatic carbocycles. The van der Waals surface area contributed by atoms with Crippen molar-refractivity contribution >= 4 is 75.1 Å². The fourth-order valence-corrected chi connectivity index (χ4v) is 10.9. The van der Waals surface area contributed by atoms with E-state index in [0.29, 0.717) is 17.5 Å². The van der Waals surface area contributed by atoms with Gasteiger partial charge in [0, 0.05) is 69.7 Å². The van der Waals surface area contributed by atoms with E-state index in [0.717, 1.165) is 38.8 Å². The molecule has 0 fully saturated rings. The van der Waals surface area contributed by atoms with Gasteiger partial charge in [0.2, 0.25) is 0 Å². The monoisotopic (exact) mass is 821 g/mol.